The first-order chi connectivity index (χ1) is 15.6. The molecule has 1 aliphatic heterocycles. The number of ether oxygens (including phenoxy) is 2. The van der Waals surface area contributed by atoms with Crippen molar-refractivity contribution in [3.8, 4) is 11.4 Å². The average molecular weight is 497 g/mol. The predicted octanol–water partition coefficient (Wildman–Crippen LogP) is 3.34. The van der Waals surface area contributed by atoms with E-state index in [0.29, 0.717) is 47.1 Å². The highest BCUT2D eigenvalue weighted by Gasteiger charge is 2.34. The van der Waals surface area contributed by atoms with Crippen molar-refractivity contribution in [3.63, 3.8) is 0 Å². The molecule has 3 rings (SSSR count). The molecule has 33 heavy (non-hydrogen) atoms. The minimum Gasteiger partial charge on any atom is -0.495 e. The van der Waals surface area contributed by atoms with Crippen molar-refractivity contribution in [1.29, 1.82) is 0 Å². The van der Waals surface area contributed by atoms with Crippen molar-refractivity contribution in [2.75, 3.05) is 31.8 Å². The van der Waals surface area contributed by atoms with Gasteiger partial charge in [0.05, 0.1) is 29.9 Å². The van der Waals surface area contributed by atoms with Crippen LogP contribution in [0.5, 0.6) is 5.75 Å². The van der Waals surface area contributed by atoms with Gasteiger partial charge in [-0.1, -0.05) is 18.5 Å². The Morgan fingerprint density at radius 3 is 2.58 bits per heavy atom. The van der Waals surface area contributed by atoms with E-state index in [1.807, 2.05) is 18.4 Å². The van der Waals surface area contributed by atoms with E-state index in [1.165, 1.54) is 4.90 Å². The Kier molecular flexibility index (Phi) is 7.74. The standard InChI is InChI=1S/C23H29ClN2O6S/c1-5-9-25(18-8-10-33(29,30)14-18)22(27)13-32-23(28)19-11-15(2)26(16(19)3)20-12-17(24)6-7-21(20)31-4/h6-7,11-12,18H,5,8-10,13-14H2,1-4H3/t18-/m1/s1. The smallest absolute Gasteiger partial charge is 0.340 e. The molecule has 0 unspecified atom stereocenters. The van der Waals surface area contributed by atoms with Gasteiger partial charge in [-0.05, 0) is 51.0 Å². The molecule has 1 atom stereocenters. The Bertz CT molecular complexity index is 1160. The summed E-state index contributed by atoms with van der Waals surface area (Å²) in [4.78, 5) is 27.1. The maximum Gasteiger partial charge on any atom is 0.340 e. The first-order valence-corrected chi connectivity index (χ1v) is 13.0. The SMILES string of the molecule is CCCN(C(=O)COC(=O)c1cc(C)n(-c2cc(Cl)ccc2OC)c1C)[C@@H]1CCS(=O)(=O)C1. The molecule has 8 nitrogen and oxygen atoms in total. The number of carbonyl (C=O) groups excluding carboxylic acids is 2. The molecular formula is C23H29ClN2O6S. The van der Waals surface area contributed by atoms with Crippen LogP contribution in [-0.4, -0.2) is 67.6 Å². The van der Waals surface area contributed by atoms with Gasteiger partial charge in [0.25, 0.3) is 5.91 Å². The molecule has 180 valence electrons. The van der Waals surface area contributed by atoms with Gasteiger partial charge >= 0.3 is 5.97 Å². The van der Waals surface area contributed by atoms with Crippen LogP contribution in [0.3, 0.4) is 0 Å². The molecule has 0 radical (unpaired) electrons. The zero-order valence-corrected chi connectivity index (χ0v) is 20.8. The molecule has 0 aliphatic carbocycles. The highest BCUT2D eigenvalue weighted by atomic mass is 35.5. The van der Waals surface area contributed by atoms with Crippen molar-refractivity contribution in [2.24, 2.45) is 0 Å². The van der Waals surface area contributed by atoms with Crippen molar-refractivity contribution >= 4 is 33.3 Å². The van der Waals surface area contributed by atoms with Crippen molar-refractivity contribution in [2.45, 2.75) is 39.7 Å². The Labute approximate surface area is 199 Å². The van der Waals surface area contributed by atoms with Gasteiger partial charge in [-0.15, -0.1) is 0 Å². The van der Waals surface area contributed by atoms with Crippen LogP contribution in [0.1, 0.15) is 41.5 Å². The molecule has 0 spiro atoms. The molecule has 1 aromatic carbocycles. The third-order valence-corrected chi connectivity index (χ3v) is 7.78. The van der Waals surface area contributed by atoms with Gasteiger partial charge < -0.3 is 18.9 Å². The first-order valence-electron chi connectivity index (χ1n) is 10.8. The number of rotatable bonds is 8. The van der Waals surface area contributed by atoms with E-state index in [0.717, 1.165) is 5.69 Å². The van der Waals surface area contributed by atoms with Crippen molar-refractivity contribution < 1.29 is 27.5 Å². The summed E-state index contributed by atoms with van der Waals surface area (Å²) < 4.78 is 36.3. The topological polar surface area (TPSA) is 94.9 Å². The Morgan fingerprint density at radius 2 is 1.97 bits per heavy atom. The normalized spacial score (nSPS) is 17.1. The van der Waals surface area contributed by atoms with E-state index in [9.17, 15) is 18.0 Å². The lowest BCUT2D eigenvalue weighted by Gasteiger charge is -2.27. The van der Waals surface area contributed by atoms with Crippen molar-refractivity contribution in [1.82, 2.24) is 9.47 Å². The van der Waals surface area contributed by atoms with E-state index in [4.69, 9.17) is 21.1 Å². The van der Waals surface area contributed by atoms with E-state index in [1.54, 1.807) is 38.3 Å². The Hall–Kier alpha value is -2.52. The minimum absolute atomic E-state index is 0.0463. The second kappa shape index (κ2) is 10.2. The second-order valence-electron chi connectivity index (χ2n) is 8.16. The van der Waals surface area contributed by atoms with Crippen LogP contribution in [0.4, 0.5) is 0 Å². The molecule has 0 saturated carbocycles. The summed E-state index contributed by atoms with van der Waals surface area (Å²) in [5.74, 6) is -0.394. The number of aromatic nitrogens is 1. The Morgan fingerprint density at radius 1 is 1.24 bits per heavy atom. The third kappa shape index (κ3) is 5.52. The molecule has 1 aliphatic rings. The largest absolute Gasteiger partial charge is 0.495 e. The number of carbonyl (C=O) groups is 2. The van der Waals surface area contributed by atoms with Gasteiger partial charge in [-0.2, -0.15) is 0 Å². The molecule has 1 aromatic heterocycles. The molecule has 2 heterocycles. The molecule has 0 N–H and O–H groups in total. The number of hydrogen-bond donors (Lipinski definition) is 0. The quantitative estimate of drug-likeness (QED) is 0.520. The lowest BCUT2D eigenvalue weighted by Crippen LogP contribution is -2.43. The van der Waals surface area contributed by atoms with Crippen LogP contribution in [0.25, 0.3) is 5.69 Å². The fourth-order valence-electron chi connectivity index (χ4n) is 4.24. The number of aryl methyl sites for hydroxylation is 1. The van der Waals surface area contributed by atoms with E-state index in [2.05, 4.69) is 0 Å². The molecule has 1 amide bonds. The lowest BCUT2D eigenvalue weighted by molar-refractivity contribution is -0.136. The summed E-state index contributed by atoms with van der Waals surface area (Å²) >= 11 is 6.17. The summed E-state index contributed by atoms with van der Waals surface area (Å²) in [6, 6.07) is 6.53. The van der Waals surface area contributed by atoms with Gasteiger partial charge in [-0.25, -0.2) is 13.2 Å². The maximum absolute atomic E-state index is 12.8. The number of methoxy groups -OCH3 is 1. The number of hydrogen-bond acceptors (Lipinski definition) is 6. The second-order valence-corrected chi connectivity index (χ2v) is 10.8. The number of nitrogens with zero attached hydrogens (tertiary/aromatic N) is 2. The number of esters is 1. The Balaban J connectivity index is 1.77. The van der Waals surface area contributed by atoms with Gasteiger partial charge in [0.1, 0.15) is 5.75 Å². The molecule has 0 bridgehead atoms. The fraction of sp³-hybridized carbons (Fsp3) is 0.478. The monoisotopic (exact) mass is 496 g/mol. The van der Waals surface area contributed by atoms with Gasteiger partial charge in [0.2, 0.25) is 0 Å². The summed E-state index contributed by atoms with van der Waals surface area (Å²) in [6.07, 6.45) is 1.09. The van der Waals surface area contributed by atoms with E-state index >= 15 is 0 Å². The van der Waals surface area contributed by atoms with Gasteiger partial charge in [0, 0.05) is 29.0 Å². The summed E-state index contributed by atoms with van der Waals surface area (Å²) in [5, 5.41) is 0.526. The first kappa shape index (κ1) is 25.1. The zero-order valence-electron chi connectivity index (χ0n) is 19.3. The third-order valence-electron chi connectivity index (χ3n) is 5.79. The summed E-state index contributed by atoms with van der Waals surface area (Å²) in [6.45, 7) is 5.51. The number of benzene rings is 1. The molecule has 2 aromatic rings. The zero-order chi connectivity index (χ0) is 24.3. The number of sulfone groups is 1. The van der Waals surface area contributed by atoms with Crippen LogP contribution in [0.2, 0.25) is 5.02 Å². The van der Waals surface area contributed by atoms with Crippen LogP contribution in [0, 0.1) is 13.8 Å². The highest BCUT2D eigenvalue weighted by Crippen LogP contribution is 2.31. The molecular weight excluding hydrogens is 468 g/mol. The molecule has 1 saturated heterocycles. The number of amides is 1. The van der Waals surface area contributed by atoms with Gasteiger partial charge in [0.15, 0.2) is 16.4 Å². The highest BCUT2D eigenvalue weighted by molar-refractivity contribution is 7.91. The van der Waals surface area contributed by atoms with Crippen LogP contribution >= 0.6 is 11.6 Å². The van der Waals surface area contributed by atoms with E-state index < -0.39 is 28.3 Å². The van der Waals surface area contributed by atoms with Gasteiger partial charge in [-0.3, -0.25) is 4.79 Å². The predicted molar refractivity (Wildman–Crippen MR) is 126 cm³/mol. The molecule has 10 heteroatoms. The summed E-state index contributed by atoms with van der Waals surface area (Å²) in [5.41, 5.74) is 2.41. The fourth-order valence-corrected chi connectivity index (χ4v) is 6.14. The molecule has 1 fully saturated rings. The average Bonchev–Trinajstić information content (AvgIpc) is 3.27. The minimum atomic E-state index is -3.13. The van der Waals surface area contributed by atoms with Crippen molar-refractivity contribution in [3.05, 3.63) is 46.2 Å². The number of halogens is 1. The van der Waals surface area contributed by atoms with Crippen LogP contribution < -0.4 is 4.74 Å². The van der Waals surface area contributed by atoms with Crippen LogP contribution in [0.15, 0.2) is 24.3 Å². The maximum atomic E-state index is 12.8. The van der Waals surface area contributed by atoms with E-state index in [-0.39, 0.29) is 17.5 Å². The lowest BCUT2D eigenvalue weighted by atomic mass is 10.2. The van der Waals surface area contributed by atoms with Crippen LogP contribution in [-0.2, 0) is 19.4 Å². The summed E-state index contributed by atoms with van der Waals surface area (Å²) in [7, 11) is -1.58.